The number of rotatable bonds is 7. The van der Waals surface area contributed by atoms with E-state index in [1.165, 1.54) is 23.7 Å². The van der Waals surface area contributed by atoms with Crippen LogP contribution >= 0.6 is 0 Å². The number of likely N-dealkylation sites (N-methyl/N-ethyl adjacent to an activating group) is 1. The normalized spacial score (nSPS) is 11.6. The molecule has 11 heteroatoms. The Kier molecular flexibility index (Phi) is 6.80. The van der Waals surface area contributed by atoms with Crippen LogP contribution in [0.25, 0.3) is 11.0 Å². The number of fused-ring (bicyclic) bond motifs is 1. The van der Waals surface area contributed by atoms with Crippen LogP contribution in [-0.4, -0.2) is 47.3 Å². The van der Waals surface area contributed by atoms with Gasteiger partial charge in [0.15, 0.2) is 0 Å². The fraction of sp³-hybridized carbons (Fsp3) is 0.286. The Morgan fingerprint density at radius 3 is 2.09 bits per heavy atom. The Morgan fingerprint density at radius 2 is 1.50 bits per heavy atom. The summed E-state index contributed by atoms with van der Waals surface area (Å²) in [5.74, 6) is -1.34. The van der Waals surface area contributed by atoms with Crippen LogP contribution in [-0.2, 0) is 32.7 Å². The van der Waals surface area contributed by atoms with Gasteiger partial charge in [-0.2, -0.15) is 4.31 Å². The average Bonchev–Trinajstić information content (AvgIpc) is 3.03. The van der Waals surface area contributed by atoms with Gasteiger partial charge in [-0.15, -0.1) is 0 Å². The van der Waals surface area contributed by atoms with Crippen molar-refractivity contribution >= 4 is 32.9 Å². The van der Waals surface area contributed by atoms with Gasteiger partial charge in [0.2, 0.25) is 10.0 Å². The zero-order chi connectivity index (χ0) is 23.5. The molecule has 0 unspecified atom stereocenters. The van der Waals surface area contributed by atoms with Crippen molar-refractivity contribution in [3.05, 3.63) is 64.6 Å². The van der Waals surface area contributed by atoms with Crippen molar-refractivity contribution in [3.63, 3.8) is 0 Å². The third-order valence-electron chi connectivity index (χ3n) is 4.98. The SMILES string of the molecule is CCn1c(=O)n(CC(=O)NNC(=O)CN(C)S(=O)(=O)c2ccc(C)cc2)c2ccccc21. The molecule has 0 saturated heterocycles. The van der Waals surface area contributed by atoms with E-state index in [4.69, 9.17) is 0 Å². The number of nitrogens with one attached hydrogen (secondary N) is 2. The lowest BCUT2D eigenvalue weighted by Crippen LogP contribution is -2.48. The number of hydrazine groups is 1. The predicted octanol–water partition coefficient (Wildman–Crippen LogP) is 0.599. The highest BCUT2D eigenvalue weighted by Gasteiger charge is 2.23. The molecule has 1 aromatic heterocycles. The molecule has 1 heterocycles. The summed E-state index contributed by atoms with van der Waals surface area (Å²) in [4.78, 5) is 37.1. The third kappa shape index (κ3) is 4.73. The average molecular weight is 460 g/mol. The number of amides is 2. The number of sulfonamides is 1. The van der Waals surface area contributed by atoms with Crippen molar-refractivity contribution < 1.29 is 18.0 Å². The maximum absolute atomic E-state index is 12.6. The first-order chi connectivity index (χ1) is 15.1. The highest BCUT2D eigenvalue weighted by atomic mass is 32.2. The second kappa shape index (κ2) is 9.37. The molecule has 0 bridgehead atoms. The Balaban J connectivity index is 1.61. The van der Waals surface area contributed by atoms with Crippen molar-refractivity contribution in [2.75, 3.05) is 13.6 Å². The minimum atomic E-state index is -3.86. The highest BCUT2D eigenvalue weighted by molar-refractivity contribution is 7.89. The van der Waals surface area contributed by atoms with E-state index in [-0.39, 0.29) is 17.1 Å². The molecule has 3 rings (SSSR count). The summed E-state index contributed by atoms with van der Waals surface area (Å²) in [7, 11) is -2.58. The number of imidazole rings is 1. The van der Waals surface area contributed by atoms with E-state index in [1.54, 1.807) is 41.0 Å². The van der Waals surface area contributed by atoms with Crippen LogP contribution in [0, 0.1) is 6.92 Å². The van der Waals surface area contributed by atoms with E-state index in [0.29, 0.717) is 17.6 Å². The number of aromatic nitrogens is 2. The van der Waals surface area contributed by atoms with Gasteiger partial charge in [-0.1, -0.05) is 29.8 Å². The molecule has 0 spiro atoms. The molecule has 0 aliphatic rings. The van der Waals surface area contributed by atoms with Gasteiger partial charge in [0.25, 0.3) is 11.8 Å². The largest absolute Gasteiger partial charge is 0.329 e. The number of para-hydroxylation sites is 2. The standard InChI is InChI=1S/C21H25N5O5S/c1-4-25-17-7-5-6-8-18(17)26(21(25)29)14-20(28)23-22-19(27)13-24(3)32(30,31)16-11-9-15(2)10-12-16/h5-12H,4,13-14H2,1-3H3,(H,22,27)(H,23,28). The molecule has 0 radical (unpaired) electrons. The van der Waals surface area contributed by atoms with E-state index in [2.05, 4.69) is 10.9 Å². The van der Waals surface area contributed by atoms with Gasteiger partial charge in [-0.25, -0.2) is 13.2 Å². The molecule has 170 valence electrons. The van der Waals surface area contributed by atoms with Gasteiger partial charge in [-0.05, 0) is 38.1 Å². The quantitative estimate of drug-likeness (QED) is 0.501. The lowest BCUT2D eigenvalue weighted by molar-refractivity contribution is -0.129. The third-order valence-corrected chi connectivity index (χ3v) is 6.80. The predicted molar refractivity (Wildman–Crippen MR) is 119 cm³/mol. The Bertz CT molecular complexity index is 1310. The summed E-state index contributed by atoms with van der Waals surface area (Å²) in [5.41, 5.74) is 6.30. The number of carbonyl (C=O) groups excluding carboxylic acids is 2. The van der Waals surface area contributed by atoms with Gasteiger partial charge in [-0.3, -0.25) is 29.6 Å². The van der Waals surface area contributed by atoms with Crippen molar-refractivity contribution in [2.45, 2.75) is 31.8 Å². The molecule has 10 nitrogen and oxygen atoms in total. The zero-order valence-corrected chi connectivity index (χ0v) is 18.8. The fourth-order valence-electron chi connectivity index (χ4n) is 3.27. The van der Waals surface area contributed by atoms with Crippen molar-refractivity contribution in [1.82, 2.24) is 24.3 Å². The molecule has 0 fully saturated rings. The highest BCUT2D eigenvalue weighted by Crippen LogP contribution is 2.15. The molecule has 0 aliphatic heterocycles. The van der Waals surface area contributed by atoms with E-state index in [0.717, 1.165) is 9.87 Å². The number of hydrogen-bond donors (Lipinski definition) is 2. The number of hydrogen-bond acceptors (Lipinski definition) is 5. The van der Waals surface area contributed by atoms with Gasteiger partial charge in [0, 0.05) is 13.6 Å². The van der Waals surface area contributed by atoms with Crippen LogP contribution in [0.3, 0.4) is 0 Å². The number of carbonyl (C=O) groups is 2. The van der Waals surface area contributed by atoms with Gasteiger partial charge >= 0.3 is 5.69 Å². The first kappa shape index (κ1) is 23.2. The van der Waals surface area contributed by atoms with E-state index in [9.17, 15) is 22.8 Å². The first-order valence-corrected chi connectivity index (χ1v) is 11.4. The monoisotopic (exact) mass is 459 g/mol. The van der Waals surface area contributed by atoms with Crippen LogP contribution in [0.5, 0.6) is 0 Å². The second-order valence-electron chi connectivity index (χ2n) is 7.27. The number of benzene rings is 2. The summed E-state index contributed by atoms with van der Waals surface area (Å²) < 4.78 is 28.9. The van der Waals surface area contributed by atoms with Crippen molar-refractivity contribution in [1.29, 1.82) is 0 Å². The van der Waals surface area contributed by atoms with Gasteiger partial charge in [0.05, 0.1) is 22.5 Å². The Hall–Kier alpha value is -3.44. The van der Waals surface area contributed by atoms with Crippen LogP contribution in [0.2, 0.25) is 0 Å². The van der Waals surface area contributed by atoms with Crippen LogP contribution in [0.1, 0.15) is 12.5 Å². The van der Waals surface area contributed by atoms with E-state index in [1.807, 2.05) is 13.8 Å². The molecule has 0 atom stereocenters. The minimum absolute atomic E-state index is 0.0640. The lowest BCUT2D eigenvalue weighted by atomic mass is 10.2. The Labute approximate surface area is 185 Å². The van der Waals surface area contributed by atoms with Gasteiger partial charge in [0.1, 0.15) is 6.54 Å². The van der Waals surface area contributed by atoms with E-state index >= 15 is 0 Å². The molecule has 2 N–H and O–H groups in total. The van der Waals surface area contributed by atoms with Gasteiger partial charge < -0.3 is 0 Å². The van der Waals surface area contributed by atoms with Crippen LogP contribution in [0.4, 0.5) is 0 Å². The molecular weight excluding hydrogens is 434 g/mol. The zero-order valence-electron chi connectivity index (χ0n) is 18.0. The molecule has 2 aromatic carbocycles. The van der Waals surface area contributed by atoms with Crippen LogP contribution in [0.15, 0.2) is 58.2 Å². The smallest absolute Gasteiger partial charge is 0.292 e. The summed E-state index contributed by atoms with van der Waals surface area (Å²) in [6, 6.07) is 13.4. The van der Waals surface area contributed by atoms with Crippen molar-refractivity contribution in [3.8, 4) is 0 Å². The molecular formula is C21H25N5O5S. The Morgan fingerprint density at radius 1 is 0.938 bits per heavy atom. The molecule has 0 saturated carbocycles. The second-order valence-corrected chi connectivity index (χ2v) is 9.32. The lowest BCUT2D eigenvalue weighted by Gasteiger charge is -2.17. The van der Waals surface area contributed by atoms with E-state index < -0.39 is 28.4 Å². The summed E-state index contributed by atoms with van der Waals surface area (Å²) >= 11 is 0. The van der Waals surface area contributed by atoms with Crippen molar-refractivity contribution in [2.24, 2.45) is 0 Å². The topological polar surface area (TPSA) is 123 Å². The molecule has 0 aliphatic carbocycles. The molecule has 32 heavy (non-hydrogen) atoms. The molecule has 3 aromatic rings. The first-order valence-electron chi connectivity index (χ1n) is 9.94. The molecule has 2 amide bonds. The summed E-state index contributed by atoms with van der Waals surface area (Å²) in [6.45, 7) is 3.33. The minimum Gasteiger partial charge on any atom is -0.292 e. The maximum Gasteiger partial charge on any atom is 0.329 e. The van der Waals surface area contributed by atoms with Crippen LogP contribution < -0.4 is 16.5 Å². The fourth-order valence-corrected chi connectivity index (χ4v) is 4.40. The maximum atomic E-state index is 12.6. The summed E-state index contributed by atoms with van der Waals surface area (Å²) in [6.07, 6.45) is 0. The summed E-state index contributed by atoms with van der Waals surface area (Å²) in [5, 5.41) is 0. The number of nitrogens with zero attached hydrogens (tertiary/aromatic N) is 3. The number of aryl methyl sites for hydroxylation is 2.